The van der Waals surface area contributed by atoms with Gasteiger partial charge in [0.25, 0.3) is 11.1 Å². The van der Waals surface area contributed by atoms with Crippen LogP contribution in [0.5, 0.6) is 11.8 Å². The van der Waals surface area contributed by atoms with E-state index < -0.39 is 53.3 Å². The number of carboxylic acid groups (broad SMARTS) is 2. The van der Waals surface area contributed by atoms with Crippen molar-refractivity contribution in [3.05, 3.63) is 330 Å². The lowest BCUT2D eigenvalue weighted by molar-refractivity contribution is -0.154. The van der Waals surface area contributed by atoms with Crippen molar-refractivity contribution in [2.24, 2.45) is 11.8 Å². The van der Waals surface area contributed by atoms with Gasteiger partial charge in [0.1, 0.15) is 17.6 Å². The SMILES string of the molecule is CCCCC(=N)C[C@@H](CC)c1cccc(C#N)c1.CCCCc1nc(O)c(Cc2ccc(-c3ccc(F)nc3C)cc2)c(=O)n1[C@@H](CC)c1cccc(C#N)c1.CCCCc1nc(O)c(Cc2ccc(Br)cc2)c(=O)n1[C@@H](CC)c1cccc(C#N)c1.Cc1nc(F)ccc1B(O)O.O=C(Cl)C(Cc1ccc(Br)cc1)C(=O)Cl.O=C(O)C(Cc1ccc(Br)cc1)C(=O)O. The minimum absolute atomic E-state index is 0.00204. The van der Waals surface area contributed by atoms with E-state index in [1.165, 1.54) is 24.6 Å². The average Bonchev–Trinajstić information content (AvgIpc) is 0.775. The highest BCUT2D eigenvalue weighted by Crippen LogP contribution is 2.32. The molecule has 0 aliphatic carbocycles. The molecule has 0 bridgehead atoms. The van der Waals surface area contributed by atoms with E-state index in [1.807, 2.05) is 129 Å². The van der Waals surface area contributed by atoms with E-state index in [0.29, 0.717) is 83.3 Å². The number of aromatic hydroxyl groups is 2. The monoisotopic (exact) mass is 1970 g/mol. The first-order valence-electron chi connectivity index (χ1n) is 41.7. The van der Waals surface area contributed by atoms with Crippen LogP contribution in [0.4, 0.5) is 8.78 Å². The Morgan fingerprint density at radius 1 is 0.492 bits per heavy atom. The summed E-state index contributed by atoms with van der Waals surface area (Å²) in [6.07, 6.45) is 11.8. The number of carbonyl (C=O) groups is 4. The number of pyridine rings is 2. The molecule has 0 unspecified atom stereocenters. The number of aliphatic carboxylic acids is 2. The lowest BCUT2D eigenvalue weighted by Gasteiger charge is -2.23. The van der Waals surface area contributed by atoms with Crippen LogP contribution < -0.4 is 16.6 Å². The van der Waals surface area contributed by atoms with Crippen LogP contribution in [0.1, 0.15) is 220 Å². The Hall–Kier alpha value is -11.5. The Balaban J connectivity index is 0.000000251. The smallest absolute Gasteiger partial charge is 0.490 e. The molecule has 3 atom stereocenters. The zero-order valence-corrected chi connectivity index (χ0v) is 78.5. The molecule has 30 heteroatoms. The number of hydrogen-bond donors (Lipinski definition) is 7. The van der Waals surface area contributed by atoms with Gasteiger partial charge in [-0.25, -0.2) is 9.97 Å². The van der Waals surface area contributed by atoms with Gasteiger partial charge in [0, 0.05) is 67.2 Å². The molecule has 0 amide bonds. The molecule has 7 aromatic carbocycles. The number of carboxylic acids is 2. The van der Waals surface area contributed by atoms with Crippen LogP contribution in [0, 0.1) is 77.0 Å². The zero-order chi connectivity index (χ0) is 94.3. The van der Waals surface area contributed by atoms with Crippen molar-refractivity contribution in [2.45, 2.75) is 183 Å². The van der Waals surface area contributed by atoms with Gasteiger partial charge < -0.3 is 35.9 Å². The molecule has 668 valence electrons. The number of nitrogens with one attached hydrogen (secondary N) is 1. The van der Waals surface area contributed by atoms with Crippen LogP contribution in [0.15, 0.2) is 217 Å². The maximum Gasteiger partial charge on any atom is 0.490 e. The number of unbranched alkanes of at least 4 members (excludes halogenated alkanes) is 3. The Bertz CT molecular complexity index is 5730. The van der Waals surface area contributed by atoms with Crippen LogP contribution in [-0.2, 0) is 57.7 Å². The third-order valence-electron chi connectivity index (χ3n) is 20.7. The summed E-state index contributed by atoms with van der Waals surface area (Å²) in [5, 5.41) is 90.4. The van der Waals surface area contributed by atoms with Crippen molar-refractivity contribution in [1.82, 2.24) is 29.1 Å². The third-order valence-corrected chi connectivity index (χ3v) is 22.9. The van der Waals surface area contributed by atoms with E-state index in [1.54, 1.807) is 70.7 Å². The van der Waals surface area contributed by atoms with Crippen LogP contribution in [0.25, 0.3) is 11.1 Å². The van der Waals surface area contributed by atoms with E-state index in [-0.39, 0.29) is 70.8 Å². The molecule has 22 nitrogen and oxygen atoms in total. The van der Waals surface area contributed by atoms with Crippen molar-refractivity contribution < 1.29 is 58.4 Å². The summed E-state index contributed by atoms with van der Waals surface area (Å²) >= 11 is 20.5. The normalized spacial score (nSPS) is 11.3. The van der Waals surface area contributed by atoms with Gasteiger partial charge in [0.15, 0.2) is 5.92 Å². The molecular weight excluding hydrogens is 1870 g/mol. The molecule has 0 saturated carbocycles. The summed E-state index contributed by atoms with van der Waals surface area (Å²) in [6, 6.07) is 63.2. The minimum atomic E-state index is -1.58. The molecule has 4 heterocycles. The summed E-state index contributed by atoms with van der Waals surface area (Å²) < 4.78 is 31.9. The molecule has 11 aromatic rings. The summed E-state index contributed by atoms with van der Waals surface area (Å²) in [6.45, 7) is 15.7. The van der Waals surface area contributed by atoms with Crippen LogP contribution in [-0.4, -0.2) is 94.8 Å². The fraction of sp³-hybridized carbons (Fsp3) is 0.306. The average molecular weight is 1970 g/mol. The Morgan fingerprint density at radius 3 is 1.23 bits per heavy atom. The highest BCUT2D eigenvalue weighted by Gasteiger charge is 2.29. The number of aromatic nitrogens is 6. The van der Waals surface area contributed by atoms with E-state index in [0.717, 1.165) is 122 Å². The molecule has 7 N–H and O–H groups in total. The van der Waals surface area contributed by atoms with Gasteiger partial charge in [-0.15, -0.1) is 0 Å². The highest BCUT2D eigenvalue weighted by atomic mass is 79.9. The first kappa shape index (κ1) is 105. The van der Waals surface area contributed by atoms with Crippen molar-refractivity contribution in [3.8, 4) is 41.1 Å². The molecule has 4 aromatic heterocycles. The first-order chi connectivity index (χ1) is 61.2. The quantitative estimate of drug-likeness (QED) is 0.00660. The molecule has 0 aliphatic heterocycles. The molecule has 128 heavy (non-hydrogen) atoms. The lowest BCUT2D eigenvalue weighted by atomic mass is 9.79. The number of nitrogens with zero attached hydrogens (tertiary/aromatic N) is 9. The van der Waals surface area contributed by atoms with Crippen LogP contribution in [0.3, 0.4) is 0 Å². The van der Waals surface area contributed by atoms with Crippen LogP contribution >= 0.6 is 71.0 Å². The van der Waals surface area contributed by atoms with Gasteiger partial charge in [-0.2, -0.15) is 34.5 Å². The number of nitriles is 3. The Labute approximate surface area is 780 Å². The molecule has 0 aliphatic rings. The maximum absolute atomic E-state index is 13.9. The fourth-order valence-electron chi connectivity index (χ4n) is 13.8. The second kappa shape index (κ2) is 54.0. The van der Waals surface area contributed by atoms with Gasteiger partial charge in [-0.05, 0) is 243 Å². The molecule has 0 radical (unpaired) electrons. The third kappa shape index (κ3) is 32.7. The van der Waals surface area contributed by atoms with Crippen molar-refractivity contribution in [2.75, 3.05) is 0 Å². The van der Waals surface area contributed by atoms with E-state index in [9.17, 15) is 58.3 Å². The Kier molecular flexibility index (Phi) is 44.4. The second-order valence-electron chi connectivity index (χ2n) is 30.0. The number of benzene rings is 7. The number of hydrogen-bond acceptors (Lipinski definition) is 18. The maximum atomic E-state index is 13.9. The van der Waals surface area contributed by atoms with Gasteiger partial charge in [-0.1, -0.05) is 212 Å². The van der Waals surface area contributed by atoms with Gasteiger partial charge in [-0.3, -0.25) is 37.9 Å². The van der Waals surface area contributed by atoms with E-state index in [4.69, 9.17) is 54.1 Å². The van der Waals surface area contributed by atoms with Crippen molar-refractivity contribution in [3.63, 3.8) is 0 Å². The summed E-state index contributed by atoms with van der Waals surface area (Å²) in [7, 11) is -1.58. The molecule has 0 fully saturated rings. The van der Waals surface area contributed by atoms with E-state index >= 15 is 0 Å². The highest BCUT2D eigenvalue weighted by molar-refractivity contribution is 9.11. The van der Waals surface area contributed by atoms with Crippen molar-refractivity contribution >= 4 is 112 Å². The topological polar surface area (TPSA) is 380 Å². The zero-order valence-electron chi connectivity index (χ0n) is 72.3. The van der Waals surface area contributed by atoms with E-state index in [2.05, 4.69) is 120 Å². The fourth-order valence-corrected chi connectivity index (χ4v) is 15.0. The molecule has 0 saturated heterocycles. The number of rotatable bonds is 33. The standard InChI is InChI=1S/C31H31FN4O2.C25H26BrN3O2.C16H22N2.C10H7BrCl2O2.C10H9BrO4.C6H7BFNO2/c1-4-6-10-29-35-30(37)26(31(38)36(29)27(5-2)24-9-7-8-22(17-24)19-33)18-21-11-13-23(14-12-21)25-15-16-28(32)34-20(25)3;1-3-5-9-23-28-24(30)21(15-17-10-12-20(26)13-11-17)25(31)29(23)22(4-2)19-8-6-7-18(14-19)16-27;1-3-5-9-16(18)11-14(4-2)15-8-6-7-13(10-15)12-17;11-7-3-1-6(2-4-7)5-8(9(12)14)10(13)15;11-7-3-1-6(2-4-7)5-8(9(12)13)10(14)15;1-4-5(7(10)11)2-3-6(8)9-4/h7-9,11-17,27,37H,4-6,10,18H2,1-3H3;6-8,10-14,22,30H,3-5,9,15H2,1-2H3;6-8,10,14,18H,3-5,9,11H2,1-2H3;1-4,8H,5H2;1-4,8H,5H2,(H,12,13)(H,14,15);2-3,10-11H,1H3/t27-;22-;14-;;;/m001.../s1. The summed E-state index contributed by atoms with van der Waals surface area (Å²) in [5.41, 5.74) is 11.7. The predicted molar refractivity (Wildman–Crippen MR) is 505 cm³/mol. The number of halogens is 7. The van der Waals surface area contributed by atoms with Gasteiger partial charge in [0.2, 0.25) is 34.1 Å². The van der Waals surface area contributed by atoms with Crippen molar-refractivity contribution in [1.29, 1.82) is 21.2 Å². The number of aryl methyl sites for hydroxylation is 4. The lowest BCUT2D eigenvalue weighted by Crippen LogP contribution is -2.32. The van der Waals surface area contributed by atoms with Gasteiger partial charge >= 0.3 is 19.1 Å². The Morgan fingerprint density at radius 2 is 0.867 bits per heavy atom. The molecule has 11 rings (SSSR count). The second-order valence-corrected chi connectivity index (χ2v) is 33.5. The van der Waals surface area contributed by atoms with Gasteiger partial charge in [0.05, 0.1) is 58.1 Å². The number of carbonyl (C=O) groups excluding carboxylic acids is 2. The predicted octanol–water partition coefficient (Wildman–Crippen LogP) is 20.6. The minimum Gasteiger partial charge on any atom is -0.493 e. The largest absolute Gasteiger partial charge is 0.493 e. The first-order valence-corrected chi connectivity index (χ1v) is 44.8. The molecule has 0 spiro atoms. The molecular formula is C98H102BBr3Cl2F2N10O12. The summed E-state index contributed by atoms with van der Waals surface area (Å²) in [4.78, 5) is 86.9. The summed E-state index contributed by atoms with van der Waals surface area (Å²) in [5.74, 6) is -5.06. The van der Waals surface area contributed by atoms with Crippen LogP contribution in [0.2, 0.25) is 0 Å².